The van der Waals surface area contributed by atoms with Gasteiger partial charge in [0, 0.05) is 25.6 Å². The number of carbonyl (C=O) groups excluding carboxylic acids is 2. The van der Waals surface area contributed by atoms with E-state index in [2.05, 4.69) is 17.6 Å². The summed E-state index contributed by atoms with van der Waals surface area (Å²) in [5, 5.41) is 5.64. The number of nitrogen functional groups attached to an aromatic ring is 1. The number of aryl methyl sites for hydroxylation is 1. The normalized spacial score (nSPS) is 11.8. The summed E-state index contributed by atoms with van der Waals surface area (Å²) in [7, 11) is 0. The molecule has 0 aromatic heterocycles. The van der Waals surface area contributed by atoms with Crippen LogP contribution >= 0.6 is 0 Å². The van der Waals surface area contributed by atoms with Crippen LogP contribution in [0, 0.1) is 0 Å². The van der Waals surface area contributed by atoms with Crippen LogP contribution in [0.4, 0.5) is 5.69 Å². The third kappa shape index (κ3) is 6.72. The fourth-order valence-electron chi connectivity index (χ4n) is 2.49. The molecule has 4 N–H and O–H groups in total. The van der Waals surface area contributed by atoms with Crippen LogP contribution in [0.3, 0.4) is 0 Å². The minimum atomic E-state index is -0.553. The molecule has 0 saturated carbocycles. The summed E-state index contributed by atoms with van der Waals surface area (Å²) in [6.45, 7) is 6.23. The largest absolute Gasteiger partial charge is 0.399 e. The molecular weight excluding hydrogens is 290 g/mol. The lowest BCUT2D eigenvalue weighted by atomic mass is 10.0. The van der Waals surface area contributed by atoms with E-state index in [-0.39, 0.29) is 11.8 Å². The van der Waals surface area contributed by atoms with E-state index in [1.807, 2.05) is 25.1 Å². The van der Waals surface area contributed by atoms with Crippen LogP contribution in [0.1, 0.15) is 51.2 Å². The second kappa shape index (κ2) is 9.87. The maximum Gasteiger partial charge on any atom is 0.242 e. The molecule has 128 valence electrons. The molecular formula is C18H29N3O2. The zero-order valence-corrected chi connectivity index (χ0v) is 14.4. The summed E-state index contributed by atoms with van der Waals surface area (Å²) >= 11 is 0. The zero-order chi connectivity index (χ0) is 17.2. The van der Waals surface area contributed by atoms with Crippen LogP contribution in [0.25, 0.3) is 0 Å². The van der Waals surface area contributed by atoms with E-state index >= 15 is 0 Å². The van der Waals surface area contributed by atoms with Gasteiger partial charge in [0.15, 0.2) is 0 Å². The standard InChI is InChI=1S/C18H29N3O2/c1-4-6-7-10-20-18(23)17(21-13(3)22)12-14-8-9-16(19)15(5-2)11-14/h8-9,11,17H,4-7,10,12,19H2,1-3H3,(H,20,23)(H,21,22). The Balaban J connectivity index is 2.73. The molecule has 0 bridgehead atoms. The molecule has 1 rings (SSSR count). The van der Waals surface area contributed by atoms with Crippen molar-refractivity contribution in [3.63, 3.8) is 0 Å². The highest BCUT2D eigenvalue weighted by molar-refractivity contribution is 5.87. The smallest absolute Gasteiger partial charge is 0.242 e. The molecule has 0 aliphatic heterocycles. The minimum Gasteiger partial charge on any atom is -0.399 e. The second-order valence-corrected chi connectivity index (χ2v) is 5.84. The fourth-order valence-corrected chi connectivity index (χ4v) is 2.49. The Bertz CT molecular complexity index is 529. The van der Waals surface area contributed by atoms with Gasteiger partial charge in [0.05, 0.1) is 0 Å². The molecule has 1 aromatic rings. The Hall–Kier alpha value is -2.04. The van der Waals surface area contributed by atoms with Crippen molar-refractivity contribution >= 4 is 17.5 Å². The van der Waals surface area contributed by atoms with Crippen molar-refractivity contribution in [2.45, 2.75) is 58.9 Å². The van der Waals surface area contributed by atoms with Gasteiger partial charge in [0.2, 0.25) is 11.8 Å². The zero-order valence-electron chi connectivity index (χ0n) is 14.4. The molecule has 1 atom stereocenters. The van der Waals surface area contributed by atoms with E-state index in [9.17, 15) is 9.59 Å². The van der Waals surface area contributed by atoms with E-state index in [4.69, 9.17) is 5.73 Å². The van der Waals surface area contributed by atoms with E-state index in [0.717, 1.165) is 42.5 Å². The molecule has 0 aliphatic carbocycles. The SMILES string of the molecule is CCCCCNC(=O)C(Cc1ccc(N)c(CC)c1)NC(C)=O. The second-order valence-electron chi connectivity index (χ2n) is 5.84. The maximum absolute atomic E-state index is 12.3. The van der Waals surface area contributed by atoms with Crippen molar-refractivity contribution in [3.05, 3.63) is 29.3 Å². The quantitative estimate of drug-likeness (QED) is 0.482. The van der Waals surface area contributed by atoms with Gasteiger partial charge in [0.1, 0.15) is 6.04 Å². The van der Waals surface area contributed by atoms with Crippen LogP contribution < -0.4 is 16.4 Å². The molecule has 0 heterocycles. The molecule has 5 heteroatoms. The first-order valence-electron chi connectivity index (χ1n) is 8.40. The van der Waals surface area contributed by atoms with Gasteiger partial charge in [0.25, 0.3) is 0 Å². The van der Waals surface area contributed by atoms with Crippen LogP contribution in [0.15, 0.2) is 18.2 Å². The molecule has 23 heavy (non-hydrogen) atoms. The van der Waals surface area contributed by atoms with Gasteiger partial charge in [-0.2, -0.15) is 0 Å². The molecule has 0 aliphatic rings. The summed E-state index contributed by atoms with van der Waals surface area (Å²) < 4.78 is 0. The first-order valence-corrected chi connectivity index (χ1v) is 8.40. The maximum atomic E-state index is 12.3. The Kier molecular flexibility index (Phi) is 8.16. The average molecular weight is 319 g/mol. The lowest BCUT2D eigenvalue weighted by Crippen LogP contribution is -2.47. The first-order chi connectivity index (χ1) is 11.0. The van der Waals surface area contributed by atoms with Gasteiger partial charge in [-0.05, 0) is 30.0 Å². The van der Waals surface area contributed by atoms with Gasteiger partial charge in [-0.3, -0.25) is 9.59 Å². The van der Waals surface area contributed by atoms with Crippen molar-refractivity contribution < 1.29 is 9.59 Å². The van der Waals surface area contributed by atoms with E-state index in [0.29, 0.717) is 13.0 Å². The topological polar surface area (TPSA) is 84.2 Å². The summed E-state index contributed by atoms with van der Waals surface area (Å²) in [5.41, 5.74) is 8.74. The molecule has 5 nitrogen and oxygen atoms in total. The first kappa shape index (κ1) is 19.0. The Labute approximate surface area is 139 Å². The van der Waals surface area contributed by atoms with Crippen molar-refractivity contribution in [2.75, 3.05) is 12.3 Å². The van der Waals surface area contributed by atoms with Crippen LogP contribution in [-0.2, 0) is 22.4 Å². The van der Waals surface area contributed by atoms with Crippen molar-refractivity contribution in [2.24, 2.45) is 0 Å². The van der Waals surface area contributed by atoms with Crippen molar-refractivity contribution in [1.29, 1.82) is 0 Å². The lowest BCUT2D eigenvalue weighted by Gasteiger charge is -2.18. The van der Waals surface area contributed by atoms with Gasteiger partial charge in [-0.15, -0.1) is 0 Å². The Morgan fingerprint density at radius 2 is 1.96 bits per heavy atom. The van der Waals surface area contributed by atoms with E-state index in [1.54, 1.807) is 0 Å². The highest BCUT2D eigenvalue weighted by Crippen LogP contribution is 2.16. The van der Waals surface area contributed by atoms with Crippen LogP contribution in [0.2, 0.25) is 0 Å². The van der Waals surface area contributed by atoms with Gasteiger partial charge in [-0.25, -0.2) is 0 Å². The van der Waals surface area contributed by atoms with Gasteiger partial charge in [-0.1, -0.05) is 38.8 Å². The molecule has 0 saturated heterocycles. The number of hydrogen-bond acceptors (Lipinski definition) is 3. The fraction of sp³-hybridized carbons (Fsp3) is 0.556. The summed E-state index contributed by atoms with van der Waals surface area (Å²) in [6.07, 6.45) is 4.45. The Morgan fingerprint density at radius 3 is 2.57 bits per heavy atom. The molecule has 1 aromatic carbocycles. The summed E-state index contributed by atoms with van der Waals surface area (Å²) in [6, 6.07) is 5.22. The molecule has 0 spiro atoms. The number of nitrogens with one attached hydrogen (secondary N) is 2. The molecule has 0 radical (unpaired) electrons. The van der Waals surface area contributed by atoms with Crippen LogP contribution in [-0.4, -0.2) is 24.4 Å². The van der Waals surface area contributed by atoms with Gasteiger partial charge >= 0.3 is 0 Å². The monoisotopic (exact) mass is 319 g/mol. The number of hydrogen-bond donors (Lipinski definition) is 3. The summed E-state index contributed by atoms with van der Waals surface area (Å²) in [4.78, 5) is 23.7. The number of carbonyl (C=O) groups is 2. The van der Waals surface area contributed by atoms with Crippen molar-refractivity contribution in [3.8, 4) is 0 Å². The van der Waals surface area contributed by atoms with Gasteiger partial charge < -0.3 is 16.4 Å². The molecule has 0 fully saturated rings. The highest BCUT2D eigenvalue weighted by atomic mass is 16.2. The lowest BCUT2D eigenvalue weighted by molar-refractivity contribution is -0.128. The highest BCUT2D eigenvalue weighted by Gasteiger charge is 2.19. The molecule has 1 unspecified atom stereocenters. The average Bonchev–Trinajstić information content (AvgIpc) is 2.52. The minimum absolute atomic E-state index is 0.133. The third-order valence-corrected chi connectivity index (χ3v) is 3.80. The molecule has 2 amide bonds. The Morgan fingerprint density at radius 1 is 1.22 bits per heavy atom. The number of amides is 2. The number of rotatable bonds is 9. The third-order valence-electron chi connectivity index (χ3n) is 3.80. The predicted octanol–water partition coefficient (Wildman–Crippen LogP) is 2.18. The number of unbranched alkanes of at least 4 members (excludes halogenated alkanes) is 2. The van der Waals surface area contributed by atoms with Crippen LogP contribution in [0.5, 0.6) is 0 Å². The summed E-state index contributed by atoms with van der Waals surface area (Å²) in [5.74, 6) is -0.337. The number of anilines is 1. The van der Waals surface area contributed by atoms with E-state index < -0.39 is 6.04 Å². The number of benzene rings is 1. The number of nitrogens with two attached hydrogens (primary N) is 1. The predicted molar refractivity (Wildman–Crippen MR) is 94.1 cm³/mol. The van der Waals surface area contributed by atoms with Crippen molar-refractivity contribution in [1.82, 2.24) is 10.6 Å². The van der Waals surface area contributed by atoms with E-state index in [1.165, 1.54) is 6.92 Å².